The molecule has 0 spiro atoms. The molecular formula is C16H27BrN2. The molecule has 19 heavy (non-hydrogen) atoms. The Morgan fingerprint density at radius 2 is 2.05 bits per heavy atom. The van der Waals surface area contributed by atoms with E-state index in [9.17, 15) is 0 Å². The molecule has 0 aliphatic heterocycles. The van der Waals surface area contributed by atoms with Crippen LogP contribution in [-0.4, -0.2) is 15.1 Å². The first-order chi connectivity index (χ1) is 9.05. The molecule has 1 aliphatic rings. The molecule has 0 bridgehead atoms. The van der Waals surface area contributed by atoms with E-state index >= 15 is 0 Å². The number of rotatable bonds is 5. The molecule has 0 radical (unpaired) electrons. The van der Waals surface area contributed by atoms with Crippen LogP contribution < -0.4 is 0 Å². The summed E-state index contributed by atoms with van der Waals surface area (Å²) >= 11 is 3.68. The zero-order valence-corrected chi connectivity index (χ0v) is 14.1. The molecule has 108 valence electrons. The van der Waals surface area contributed by atoms with Gasteiger partial charge in [0, 0.05) is 11.5 Å². The molecule has 0 aromatic carbocycles. The SMILES string of the molecule is CC(C)C(C)(CBr)Cc1ccn(C2CCCCC2)n1. The highest BCUT2D eigenvalue weighted by Crippen LogP contribution is 2.33. The topological polar surface area (TPSA) is 17.8 Å². The van der Waals surface area contributed by atoms with E-state index in [-0.39, 0.29) is 0 Å². The lowest BCUT2D eigenvalue weighted by Crippen LogP contribution is -2.28. The first-order valence-corrected chi connectivity index (χ1v) is 8.77. The summed E-state index contributed by atoms with van der Waals surface area (Å²) in [5.74, 6) is 0.659. The van der Waals surface area contributed by atoms with Crippen LogP contribution in [0.1, 0.15) is 64.6 Å². The number of nitrogens with zero attached hydrogens (tertiary/aromatic N) is 2. The summed E-state index contributed by atoms with van der Waals surface area (Å²) in [5.41, 5.74) is 1.55. The smallest absolute Gasteiger partial charge is 0.0630 e. The molecule has 2 nitrogen and oxygen atoms in total. The Kier molecular flexibility index (Phi) is 5.10. The van der Waals surface area contributed by atoms with E-state index in [4.69, 9.17) is 5.10 Å². The molecular weight excluding hydrogens is 300 g/mol. The minimum atomic E-state index is 0.297. The first kappa shape index (κ1) is 15.1. The van der Waals surface area contributed by atoms with Crippen molar-refractivity contribution in [3.63, 3.8) is 0 Å². The summed E-state index contributed by atoms with van der Waals surface area (Å²) < 4.78 is 2.23. The standard InChI is InChI=1S/C16H27BrN2/c1-13(2)16(3,12-17)11-14-9-10-19(18-14)15-7-5-4-6-8-15/h9-10,13,15H,4-8,11-12H2,1-3H3. The summed E-state index contributed by atoms with van der Waals surface area (Å²) in [5, 5.41) is 5.88. The van der Waals surface area contributed by atoms with Crippen LogP contribution in [0.2, 0.25) is 0 Å². The van der Waals surface area contributed by atoms with Crippen molar-refractivity contribution in [1.29, 1.82) is 0 Å². The maximum Gasteiger partial charge on any atom is 0.0630 e. The summed E-state index contributed by atoms with van der Waals surface area (Å²) in [4.78, 5) is 0. The van der Waals surface area contributed by atoms with Crippen LogP contribution in [0, 0.1) is 11.3 Å². The molecule has 2 rings (SSSR count). The van der Waals surface area contributed by atoms with Crippen molar-refractivity contribution in [1.82, 2.24) is 9.78 Å². The van der Waals surface area contributed by atoms with Crippen LogP contribution in [0.15, 0.2) is 12.3 Å². The van der Waals surface area contributed by atoms with Crippen molar-refractivity contribution in [2.24, 2.45) is 11.3 Å². The molecule has 1 aliphatic carbocycles. The maximum atomic E-state index is 4.85. The van der Waals surface area contributed by atoms with Crippen LogP contribution in [0.5, 0.6) is 0 Å². The zero-order chi connectivity index (χ0) is 13.9. The van der Waals surface area contributed by atoms with Gasteiger partial charge in [-0.15, -0.1) is 0 Å². The Morgan fingerprint density at radius 1 is 1.37 bits per heavy atom. The fourth-order valence-electron chi connectivity index (χ4n) is 2.84. The lowest BCUT2D eigenvalue weighted by molar-refractivity contribution is 0.253. The van der Waals surface area contributed by atoms with Crippen molar-refractivity contribution in [2.75, 3.05) is 5.33 Å². The second-order valence-electron chi connectivity index (χ2n) is 6.70. The highest BCUT2D eigenvalue weighted by atomic mass is 79.9. The number of hydrogen-bond acceptors (Lipinski definition) is 1. The molecule has 0 saturated heterocycles. The number of halogens is 1. The van der Waals surface area contributed by atoms with Crippen LogP contribution in [0.25, 0.3) is 0 Å². The quantitative estimate of drug-likeness (QED) is 0.697. The van der Waals surface area contributed by atoms with Crippen molar-refractivity contribution in [3.05, 3.63) is 18.0 Å². The lowest BCUT2D eigenvalue weighted by Gasteiger charge is -2.31. The molecule has 1 saturated carbocycles. The van der Waals surface area contributed by atoms with Gasteiger partial charge >= 0.3 is 0 Å². The maximum absolute atomic E-state index is 4.85. The number of hydrogen-bond donors (Lipinski definition) is 0. The predicted molar refractivity (Wildman–Crippen MR) is 84.8 cm³/mol. The third-order valence-corrected chi connectivity index (χ3v) is 6.18. The van der Waals surface area contributed by atoms with Gasteiger partial charge in [-0.05, 0) is 36.7 Å². The van der Waals surface area contributed by atoms with Gasteiger partial charge in [0.1, 0.15) is 0 Å². The van der Waals surface area contributed by atoms with Crippen molar-refractivity contribution >= 4 is 15.9 Å². The molecule has 1 aromatic rings. The van der Waals surface area contributed by atoms with Gasteiger partial charge in [-0.3, -0.25) is 4.68 Å². The van der Waals surface area contributed by atoms with Gasteiger partial charge < -0.3 is 0 Å². The third kappa shape index (κ3) is 3.62. The van der Waals surface area contributed by atoms with Crippen LogP contribution >= 0.6 is 15.9 Å². The van der Waals surface area contributed by atoms with Gasteiger partial charge in [0.05, 0.1) is 11.7 Å². The van der Waals surface area contributed by atoms with Crippen LogP contribution in [0.4, 0.5) is 0 Å². The highest BCUT2D eigenvalue weighted by Gasteiger charge is 2.28. The van der Waals surface area contributed by atoms with Gasteiger partial charge in [-0.25, -0.2) is 0 Å². The van der Waals surface area contributed by atoms with E-state index in [2.05, 4.69) is 53.6 Å². The summed E-state index contributed by atoms with van der Waals surface area (Å²) in [7, 11) is 0. The van der Waals surface area contributed by atoms with Gasteiger partial charge in [-0.1, -0.05) is 56.0 Å². The van der Waals surface area contributed by atoms with Gasteiger partial charge in [0.25, 0.3) is 0 Å². The fraction of sp³-hybridized carbons (Fsp3) is 0.812. The highest BCUT2D eigenvalue weighted by molar-refractivity contribution is 9.09. The Balaban J connectivity index is 2.04. The van der Waals surface area contributed by atoms with Crippen molar-refractivity contribution in [2.45, 2.75) is 65.3 Å². The molecule has 1 unspecified atom stereocenters. The summed E-state index contributed by atoms with van der Waals surface area (Å²) in [6.07, 6.45) is 10.0. The predicted octanol–water partition coefficient (Wildman–Crippen LogP) is 4.99. The van der Waals surface area contributed by atoms with E-state index in [0.717, 1.165) is 11.8 Å². The molecule has 0 amide bonds. The second kappa shape index (κ2) is 6.43. The van der Waals surface area contributed by atoms with E-state index in [1.165, 1.54) is 37.8 Å². The summed E-state index contributed by atoms with van der Waals surface area (Å²) in [6.45, 7) is 6.96. The molecule has 1 fully saturated rings. The molecule has 1 heterocycles. The van der Waals surface area contributed by atoms with Crippen LogP contribution in [0.3, 0.4) is 0 Å². The summed E-state index contributed by atoms with van der Waals surface area (Å²) in [6, 6.07) is 2.87. The largest absolute Gasteiger partial charge is 0.269 e. The van der Waals surface area contributed by atoms with Crippen molar-refractivity contribution in [3.8, 4) is 0 Å². The number of alkyl halides is 1. The molecule has 3 heteroatoms. The Labute approximate surface area is 126 Å². The van der Waals surface area contributed by atoms with E-state index < -0.39 is 0 Å². The monoisotopic (exact) mass is 326 g/mol. The Bertz CT molecular complexity index is 393. The van der Waals surface area contributed by atoms with E-state index in [1.807, 2.05) is 0 Å². The van der Waals surface area contributed by atoms with Gasteiger partial charge in [0.15, 0.2) is 0 Å². The first-order valence-electron chi connectivity index (χ1n) is 7.65. The Hall–Kier alpha value is -0.310. The number of aromatic nitrogens is 2. The second-order valence-corrected chi connectivity index (χ2v) is 7.26. The average Bonchev–Trinajstić information content (AvgIpc) is 2.87. The Morgan fingerprint density at radius 3 is 2.63 bits per heavy atom. The molecule has 1 aromatic heterocycles. The lowest BCUT2D eigenvalue weighted by atomic mass is 9.77. The minimum Gasteiger partial charge on any atom is -0.269 e. The van der Waals surface area contributed by atoms with Gasteiger partial charge in [-0.2, -0.15) is 5.10 Å². The van der Waals surface area contributed by atoms with Crippen molar-refractivity contribution < 1.29 is 0 Å². The van der Waals surface area contributed by atoms with Crippen LogP contribution in [-0.2, 0) is 6.42 Å². The van der Waals surface area contributed by atoms with E-state index in [0.29, 0.717) is 17.4 Å². The van der Waals surface area contributed by atoms with E-state index in [1.54, 1.807) is 0 Å². The zero-order valence-electron chi connectivity index (χ0n) is 12.5. The average molecular weight is 327 g/mol. The normalized spacial score (nSPS) is 20.7. The fourth-order valence-corrected chi connectivity index (χ4v) is 3.69. The molecule has 0 N–H and O–H groups in total. The molecule has 1 atom stereocenters. The third-order valence-electron chi connectivity index (χ3n) is 4.90. The minimum absolute atomic E-state index is 0.297. The van der Waals surface area contributed by atoms with Gasteiger partial charge in [0.2, 0.25) is 0 Å².